The molecule has 0 aliphatic heterocycles. The van der Waals surface area contributed by atoms with Crippen LogP contribution in [0.15, 0.2) is 12.1 Å². The molecule has 3 heteroatoms. The minimum absolute atomic E-state index is 0.260. The van der Waals surface area contributed by atoms with E-state index >= 15 is 0 Å². The molecule has 0 bridgehead atoms. The fraction of sp³-hybridized carbons (Fsp3) is 0.684. The fourth-order valence-corrected chi connectivity index (χ4v) is 4.11. The molecule has 1 aromatic carbocycles. The molecular formula is C19H29ClFI. The maximum absolute atomic E-state index is 13.8. The highest BCUT2D eigenvalue weighted by Crippen LogP contribution is 2.32. The van der Waals surface area contributed by atoms with Gasteiger partial charge in [0.15, 0.2) is 0 Å². The molecule has 1 unspecified atom stereocenters. The van der Waals surface area contributed by atoms with E-state index in [-0.39, 0.29) is 11.2 Å². The standard InChI is InChI=1S/C19H29ClFI/c1-5-7-16(22)8-6-12-19(3,4)13-11-15-10-9-14(2)18(21)17(15)20/h9-10,16H,5-8,11-13H2,1-4H3. The molecule has 0 radical (unpaired) electrons. The van der Waals surface area contributed by atoms with Crippen LogP contribution in [-0.4, -0.2) is 3.92 Å². The number of hydrogen-bond acceptors (Lipinski definition) is 0. The number of rotatable bonds is 9. The van der Waals surface area contributed by atoms with Gasteiger partial charge in [-0.15, -0.1) is 0 Å². The summed E-state index contributed by atoms with van der Waals surface area (Å²) in [6, 6.07) is 3.80. The summed E-state index contributed by atoms with van der Waals surface area (Å²) in [4.78, 5) is 0. The summed E-state index contributed by atoms with van der Waals surface area (Å²) in [5, 5.41) is 0.311. The van der Waals surface area contributed by atoms with Crippen LogP contribution in [-0.2, 0) is 6.42 Å². The van der Waals surface area contributed by atoms with Crippen LogP contribution in [0.2, 0.25) is 5.02 Å². The Morgan fingerprint density at radius 3 is 2.55 bits per heavy atom. The Morgan fingerprint density at radius 2 is 1.91 bits per heavy atom. The first-order valence-electron chi connectivity index (χ1n) is 8.34. The third-order valence-electron chi connectivity index (χ3n) is 4.40. The largest absolute Gasteiger partial charge is 0.205 e. The lowest BCUT2D eigenvalue weighted by molar-refractivity contribution is 0.295. The summed E-state index contributed by atoms with van der Waals surface area (Å²) in [5.41, 5.74) is 1.85. The highest BCUT2D eigenvalue weighted by Gasteiger charge is 2.19. The van der Waals surface area contributed by atoms with Crippen LogP contribution in [0.25, 0.3) is 0 Å². The predicted molar refractivity (Wildman–Crippen MR) is 105 cm³/mol. The van der Waals surface area contributed by atoms with E-state index in [4.69, 9.17) is 11.6 Å². The molecule has 1 rings (SSSR count). The van der Waals surface area contributed by atoms with E-state index in [0.29, 0.717) is 10.6 Å². The smallest absolute Gasteiger partial charge is 0.144 e. The van der Waals surface area contributed by atoms with E-state index in [9.17, 15) is 4.39 Å². The second-order valence-electron chi connectivity index (χ2n) is 7.11. The average molecular weight is 439 g/mol. The van der Waals surface area contributed by atoms with Crippen molar-refractivity contribution in [2.45, 2.75) is 76.6 Å². The number of halogens is 3. The van der Waals surface area contributed by atoms with E-state index in [0.717, 1.165) is 22.3 Å². The minimum atomic E-state index is -0.260. The second kappa shape index (κ2) is 9.46. The maximum Gasteiger partial charge on any atom is 0.144 e. The molecule has 1 aromatic rings. The zero-order valence-corrected chi connectivity index (χ0v) is 17.2. The zero-order chi connectivity index (χ0) is 16.8. The van der Waals surface area contributed by atoms with Crippen LogP contribution < -0.4 is 0 Å². The van der Waals surface area contributed by atoms with Gasteiger partial charge in [-0.3, -0.25) is 0 Å². The van der Waals surface area contributed by atoms with Gasteiger partial charge in [-0.25, -0.2) is 4.39 Å². The normalized spacial score (nSPS) is 13.4. The van der Waals surface area contributed by atoms with Crippen molar-refractivity contribution in [2.75, 3.05) is 0 Å². The van der Waals surface area contributed by atoms with Crippen molar-refractivity contribution in [1.82, 2.24) is 0 Å². The number of aryl methyl sites for hydroxylation is 2. The van der Waals surface area contributed by atoms with Crippen molar-refractivity contribution in [1.29, 1.82) is 0 Å². The molecule has 0 aliphatic carbocycles. The van der Waals surface area contributed by atoms with Gasteiger partial charge in [-0.2, -0.15) is 0 Å². The van der Waals surface area contributed by atoms with Gasteiger partial charge in [-0.05, 0) is 55.6 Å². The van der Waals surface area contributed by atoms with E-state index in [2.05, 4.69) is 43.4 Å². The second-order valence-corrected chi connectivity index (χ2v) is 9.25. The van der Waals surface area contributed by atoms with Gasteiger partial charge in [0.1, 0.15) is 5.82 Å². The summed E-state index contributed by atoms with van der Waals surface area (Å²) in [7, 11) is 0. The van der Waals surface area contributed by atoms with Crippen molar-refractivity contribution in [2.24, 2.45) is 5.41 Å². The molecule has 0 saturated heterocycles. The van der Waals surface area contributed by atoms with Crippen LogP contribution in [0.3, 0.4) is 0 Å². The number of hydrogen-bond donors (Lipinski definition) is 0. The summed E-state index contributed by atoms with van der Waals surface area (Å²) in [5.74, 6) is -0.260. The molecule has 22 heavy (non-hydrogen) atoms. The number of alkyl halides is 1. The molecule has 1 atom stereocenters. The van der Waals surface area contributed by atoms with Gasteiger partial charge >= 0.3 is 0 Å². The van der Waals surface area contributed by atoms with Gasteiger partial charge < -0.3 is 0 Å². The van der Waals surface area contributed by atoms with Crippen LogP contribution in [0.5, 0.6) is 0 Å². The van der Waals surface area contributed by atoms with Crippen molar-refractivity contribution in [3.8, 4) is 0 Å². The lowest BCUT2D eigenvalue weighted by Gasteiger charge is -2.25. The first-order chi connectivity index (χ1) is 10.3. The average Bonchev–Trinajstić information content (AvgIpc) is 2.44. The van der Waals surface area contributed by atoms with Crippen LogP contribution in [0.4, 0.5) is 4.39 Å². The molecular weight excluding hydrogens is 410 g/mol. The van der Waals surface area contributed by atoms with E-state index in [1.807, 2.05) is 12.1 Å². The summed E-state index contributed by atoms with van der Waals surface area (Å²) in [6.07, 6.45) is 8.30. The molecule has 0 fully saturated rings. The Bertz CT molecular complexity index is 471. The molecule has 0 saturated carbocycles. The Kier molecular flexibility index (Phi) is 8.69. The van der Waals surface area contributed by atoms with Crippen molar-refractivity contribution in [3.63, 3.8) is 0 Å². The molecule has 0 aromatic heterocycles. The summed E-state index contributed by atoms with van der Waals surface area (Å²) in [6.45, 7) is 8.63. The van der Waals surface area contributed by atoms with Crippen LogP contribution >= 0.6 is 34.2 Å². The van der Waals surface area contributed by atoms with E-state index in [1.165, 1.54) is 32.1 Å². The van der Waals surface area contributed by atoms with E-state index in [1.54, 1.807) is 6.92 Å². The van der Waals surface area contributed by atoms with Crippen molar-refractivity contribution >= 4 is 34.2 Å². The Hall–Kier alpha value is 0.170. The zero-order valence-electron chi connectivity index (χ0n) is 14.3. The Balaban J connectivity index is 2.47. The SMILES string of the molecule is CCCC(I)CCCC(C)(C)CCc1ccc(C)c(F)c1Cl. The lowest BCUT2D eigenvalue weighted by atomic mass is 9.81. The summed E-state index contributed by atoms with van der Waals surface area (Å²) < 4.78 is 14.6. The van der Waals surface area contributed by atoms with Gasteiger partial charge in [0, 0.05) is 3.92 Å². The van der Waals surface area contributed by atoms with E-state index < -0.39 is 0 Å². The third-order valence-corrected chi connectivity index (χ3v) is 6.05. The molecule has 0 heterocycles. The van der Waals surface area contributed by atoms with Gasteiger partial charge in [0.05, 0.1) is 5.02 Å². The van der Waals surface area contributed by atoms with Crippen LogP contribution in [0.1, 0.15) is 70.4 Å². The number of benzene rings is 1. The fourth-order valence-electron chi connectivity index (χ4n) is 2.74. The van der Waals surface area contributed by atoms with Crippen LogP contribution in [0, 0.1) is 18.2 Å². The first-order valence-corrected chi connectivity index (χ1v) is 9.96. The quantitative estimate of drug-likeness (QED) is 0.276. The summed E-state index contributed by atoms with van der Waals surface area (Å²) >= 11 is 8.71. The molecule has 0 spiro atoms. The molecule has 0 N–H and O–H groups in total. The molecule has 0 nitrogen and oxygen atoms in total. The van der Waals surface area contributed by atoms with Gasteiger partial charge in [0.2, 0.25) is 0 Å². The van der Waals surface area contributed by atoms with Gasteiger partial charge in [0.25, 0.3) is 0 Å². The molecule has 0 aliphatic rings. The van der Waals surface area contributed by atoms with Gasteiger partial charge in [-0.1, -0.05) is 79.9 Å². The highest BCUT2D eigenvalue weighted by atomic mass is 127. The predicted octanol–water partition coefficient (Wildman–Crippen LogP) is 7.52. The third kappa shape index (κ3) is 6.74. The lowest BCUT2D eigenvalue weighted by Crippen LogP contribution is -2.13. The monoisotopic (exact) mass is 438 g/mol. The minimum Gasteiger partial charge on any atom is -0.205 e. The van der Waals surface area contributed by atoms with Crippen molar-refractivity contribution < 1.29 is 4.39 Å². The Labute approximate surface area is 154 Å². The van der Waals surface area contributed by atoms with Crippen molar-refractivity contribution in [3.05, 3.63) is 34.1 Å². The first kappa shape index (κ1) is 20.2. The maximum atomic E-state index is 13.8. The highest BCUT2D eigenvalue weighted by molar-refractivity contribution is 14.1. The topological polar surface area (TPSA) is 0 Å². The Morgan fingerprint density at radius 1 is 1.23 bits per heavy atom. The molecule has 0 amide bonds. The molecule has 126 valence electrons.